The van der Waals surface area contributed by atoms with Gasteiger partial charge in [-0.2, -0.15) is 0 Å². The molecule has 162 valence electrons. The summed E-state index contributed by atoms with van der Waals surface area (Å²) in [5.74, 6) is 1.15. The van der Waals surface area contributed by atoms with Gasteiger partial charge in [0.15, 0.2) is 17.3 Å². The minimum Gasteiger partial charge on any atom is -0.493 e. The van der Waals surface area contributed by atoms with Gasteiger partial charge >= 0.3 is 0 Å². The number of hydrogen-bond acceptors (Lipinski definition) is 5. The van der Waals surface area contributed by atoms with Crippen molar-refractivity contribution < 1.29 is 19.0 Å². The van der Waals surface area contributed by atoms with E-state index in [0.717, 1.165) is 16.8 Å². The second-order valence-electron chi connectivity index (χ2n) is 7.31. The van der Waals surface area contributed by atoms with Crippen molar-refractivity contribution in [3.8, 4) is 34.1 Å². The molecule has 0 amide bonds. The van der Waals surface area contributed by atoms with Gasteiger partial charge in [0.25, 0.3) is 0 Å². The first kappa shape index (κ1) is 21.2. The van der Waals surface area contributed by atoms with Gasteiger partial charge in [0.2, 0.25) is 5.75 Å². The highest BCUT2D eigenvalue weighted by atomic mass is 16.5. The minimum atomic E-state index is -0.151. The van der Waals surface area contributed by atoms with E-state index in [1.54, 1.807) is 24.5 Å². The van der Waals surface area contributed by atoms with Gasteiger partial charge in [-0.3, -0.25) is 9.78 Å². The molecule has 2 aromatic carbocycles. The highest BCUT2D eigenvalue weighted by Crippen LogP contribution is 2.39. The molecule has 2 aromatic heterocycles. The summed E-state index contributed by atoms with van der Waals surface area (Å²) in [7, 11) is 4.59. The van der Waals surface area contributed by atoms with Crippen LogP contribution in [0, 0.1) is 6.92 Å². The number of carbonyl (C=O) groups is 1. The van der Waals surface area contributed by atoms with Crippen molar-refractivity contribution in [1.82, 2.24) is 9.55 Å². The Balaban J connectivity index is 1.87. The van der Waals surface area contributed by atoms with Crippen molar-refractivity contribution in [2.75, 3.05) is 21.3 Å². The summed E-state index contributed by atoms with van der Waals surface area (Å²) in [6.07, 6.45) is 7.25. The normalized spacial score (nSPS) is 10.6. The number of aromatic nitrogens is 2. The molecule has 0 fully saturated rings. The maximum absolute atomic E-state index is 13.7. The van der Waals surface area contributed by atoms with E-state index in [2.05, 4.69) is 4.98 Å². The highest BCUT2D eigenvalue weighted by molar-refractivity contribution is 6.13. The Kier molecular flexibility index (Phi) is 5.94. The van der Waals surface area contributed by atoms with Crippen molar-refractivity contribution in [1.29, 1.82) is 0 Å². The summed E-state index contributed by atoms with van der Waals surface area (Å²) in [5.41, 5.74) is 4.86. The first-order valence-corrected chi connectivity index (χ1v) is 10.1. The van der Waals surface area contributed by atoms with Crippen LogP contribution in [0.15, 0.2) is 73.3 Å². The molecule has 0 saturated heterocycles. The lowest BCUT2D eigenvalue weighted by atomic mass is 9.98. The van der Waals surface area contributed by atoms with Crippen LogP contribution in [0.3, 0.4) is 0 Å². The van der Waals surface area contributed by atoms with Gasteiger partial charge in [-0.1, -0.05) is 17.7 Å². The molecular formula is C26H24N2O4. The SMILES string of the molecule is COc1cc(C(=O)c2cn(-c3ccc(C)cc3)cc2-c2ccncc2)cc(OC)c1OC. The van der Waals surface area contributed by atoms with Crippen LogP contribution in [0.1, 0.15) is 21.5 Å². The van der Waals surface area contributed by atoms with Crippen LogP contribution in [0.4, 0.5) is 0 Å². The maximum atomic E-state index is 13.7. The monoisotopic (exact) mass is 428 g/mol. The van der Waals surface area contributed by atoms with Crippen molar-refractivity contribution in [2.24, 2.45) is 0 Å². The number of rotatable bonds is 7. The number of ketones is 1. The Bertz CT molecular complexity index is 1220. The third kappa shape index (κ3) is 3.95. The van der Waals surface area contributed by atoms with Gasteiger partial charge < -0.3 is 18.8 Å². The molecule has 0 atom stereocenters. The number of benzene rings is 2. The summed E-state index contributed by atoms with van der Waals surface area (Å²) in [6.45, 7) is 2.04. The minimum absolute atomic E-state index is 0.151. The zero-order valence-electron chi connectivity index (χ0n) is 18.5. The number of pyridine rings is 1. The Morgan fingerprint density at radius 2 is 1.47 bits per heavy atom. The van der Waals surface area contributed by atoms with E-state index in [4.69, 9.17) is 14.2 Å². The van der Waals surface area contributed by atoms with Crippen LogP contribution in [-0.2, 0) is 0 Å². The summed E-state index contributed by atoms with van der Waals surface area (Å²) in [6, 6.07) is 15.3. The Morgan fingerprint density at radius 1 is 0.844 bits per heavy atom. The predicted molar refractivity (Wildman–Crippen MR) is 123 cm³/mol. The van der Waals surface area contributed by atoms with Gasteiger partial charge in [0.1, 0.15) is 0 Å². The number of carbonyl (C=O) groups excluding carboxylic acids is 1. The lowest BCUT2D eigenvalue weighted by Crippen LogP contribution is -2.04. The molecule has 32 heavy (non-hydrogen) atoms. The zero-order chi connectivity index (χ0) is 22.7. The van der Waals surface area contributed by atoms with E-state index in [9.17, 15) is 4.79 Å². The average molecular weight is 428 g/mol. The molecule has 0 aliphatic carbocycles. The zero-order valence-corrected chi connectivity index (χ0v) is 18.5. The van der Waals surface area contributed by atoms with Crippen LogP contribution in [-0.4, -0.2) is 36.7 Å². The molecule has 0 spiro atoms. The molecule has 6 heteroatoms. The fraction of sp³-hybridized carbons (Fsp3) is 0.154. The summed E-state index contributed by atoms with van der Waals surface area (Å²) in [4.78, 5) is 17.8. The Morgan fingerprint density at radius 3 is 2.03 bits per heavy atom. The van der Waals surface area contributed by atoms with E-state index in [-0.39, 0.29) is 5.78 Å². The maximum Gasteiger partial charge on any atom is 0.203 e. The molecule has 0 unspecified atom stereocenters. The number of hydrogen-bond donors (Lipinski definition) is 0. The number of methoxy groups -OCH3 is 3. The fourth-order valence-corrected chi connectivity index (χ4v) is 3.63. The molecule has 4 rings (SSSR count). The van der Waals surface area contributed by atoms with E-state index in [0.29, 0.717) is 28.4 Å². The second kappa shape index (κ2) is 8.98. The van der Waals surface area contributed by atoms with Crippen molar-refractivity contribution in [3.63, 3.8) is 0 Å². The van der Waals surface area contributed by atoms with Crippen LogP contribution in [0.25, 0.3) is 16.8 Å². The number of ether oxygens (including phenoxy) is 3. The van der Waals surface area contributed by atoms with Crippen LogP contribution < -0.4 is 14.2 Å². The molecule has 2 heterocycles. The first-order chi connectivity index (χ1) is 15.5. The van der Waals surface area contributed by atoms with E-state index in [1.807, 2.05) is 60.3 Å². The largest absolute Gasteiger partial charge is 0.493 e. The predicted octanol–water partition coefficient (Wildman–Crippen LogP) is 5.10. The van der Waals surface area contributed by atoms with Gasteiger partial charge in [-0.05, 0) is 48.9 Å². The average Bonchev–Trinajstić information content (AvgIpc) is 3.29. The lowest BCUT2D eigenvalue weighted by Gasteiger charge is -2.14. The Labute approximate surface area is 187 Å². The molecule has 0 radical (unpaired) electrons. The quantitative estimate of drug-likeness (QED) is 0.383. The van der Waals surface area contributed by atoms with Gasteiger partial charge in [0, 0.05) is 47.2 Å². The Hall–Kier alpha value is -4.06. The molecule has 0 bridgehead atoms. The van der Waals surface area contributed by atoms with Crippen molar-refractivity contribution in [3.05, 3.63) is 90.0 Å². The van der Waals surface area contributed by atoms with E-state index >= 15 is 0 Å². The summed E-state index contributed by atoms with van der Waals surface area (Å²) >= 11 is 0. The molecule has 0 aliphatic rings. The number of nitrogens with zero attached hydrogens (tertiary/aromatic N) is 2. The third-order valence-corrected chi connectivity index (χ3v) is 5.32. The fourth-order valence-electron chi connectivity index (χ4n) is 3.63. The smallest absolute Gasteiger partial charge is 0.203 e. The highest BCUT2D eigenvalue weighted by Gasteiger charge is 2.22. The van der Waals surface area contributed by atoms with Crippen molar-refractivity contribution in [2.45, 2.75) is 6.92 Å². The van der Waals surface area contributed by atoms with Crippen LogP contribution >= 0.6 is 0 Å². The van der Waals surface area contributed by atoms with Gasteiger partial charge in [-0.25, -0.2) is 0 Å². The van der Waals surface area contributed by atoms with Crippen LogP contribution in [0.5, 0.6) is 17.2 Å². The van der Waals surface area contributed by atoms with Gasteiger partial charge in [-0.15, -0.1) is 0 Å². The molecular weight excluding hydrogens is 404 g/mol. The lowest BCUT2D eigenvalue weighted by molar-refractivity contribution is 0.103. The topological polar surface area (TPSA) is 62.6 Å². The number of aryl methyl sites for hydroxylation is 1. The van der Waals surface area contributed by atoms with Crippen LogP contribution in [0.2, 0.25) is 0 Å². The third-order valence-electron chi connectivity index (χ3n) is 5.32. The second-order valence-corrected chi connectivity index (χ2v) is 7.31. The molecule has 4 aromatic rings. The van der Waals surface area contributed by atoms with E-state index < -0.39 is 0 Å². The summed E-state index contributed by atoms with van der Waals surface area (Å²) in [5, 5.41) is 0. The molecule has 0 N–H and O–H groups in total. The summed E-state index contributed by atoms with van der Waals surface area (Å²) < 4.78 is 18.2. The molecule has 0 saturated carbocycles. The van der Waals surface area contributed by atoms with Gasteiger partial charge in [0.05, 0.1) is 21.3 Å². The standard InChI is InChI=1S/C26H24N2O4/c1-17-5-7-20(8-6-17)28-15-21(18-9-11-27-12-10-18)22(16-28)25(29)19-13-23(30-2)26(32-4)24(14-19)31-3/h5-16H,1-4H3. The molecule has 0 aliphatic heterocycles. The first-order valence-electron chi connectivity index (χ1n) is 10.1. The van der Waals surface area contributed by atoms with Crippen molar-refractivity contribution >= 4 is 5.78 Å². The molecule has 6 nitrogen and oxygen atoms in total. The van der Waals surface area contributed by atoms with E-state index in [1.165, 1.54) is 26.9 Å².